The monoisotopic (exact) mass is 714 g/mol. The molecule has 0 radical (unpaired) electrons. The van der Waals surface area contributed by atoms with Crippen LogP contribution in [0.25, 0.3) is 105 Å². The van der Waals surface area contributed by atoms with Crippen LogP contribution < -0.4 is 0 Å². The van der Waals surface area contributed by atoms with E-state index in [1.54, 1.807) is 0 Å². The third kappa shape index (κ3) is 5.19. The molecule has 4 heterocycles. The lowest BCUT2D eigenvalue weighted by molar-refractivity contribution is 1.22. The molecule has 0 N–H and O–H groups in total. The first-order valence-corrected chi connectivity index (χ1v) is 19.0. The second-order valence-corrected chi connectivity index (χ2v) is 14.5. The first-order valence-electron chi connectivity index (χ1n) is 19.0. The molecule has 4 heteroatoms. The third-order valence-corrected chi connectivity index (χ3v) is 11.2. The molecule has 4 nitrogen and oxygen atoms in total. The lowest BCUT2D eigenvalue weighted by atomic mass is 9.90. The molecule has 56 heavy (non-hydrogen) atoms. The van der Waals surface area contributed by atoms with Crippen molar-refractivity contribution < 1.29 is 0 Å². The molecule has 0 bridgehead atoms. The Balaban J connectivity index is 1.05. The van der Waals surface area contributed by atoms with Crippen LogP contribution >= 0.6 is 0 Å². The minimum absolute atomic E-state index is 0.910. The van der Waals surface area contributed by atoms with Gasteiger partial charge in [-0.1, -0.05) is 152 Å². The molecule has 7 aromatic carbocycles. The Kier molecular flexibility index (Phi) is 7.36. The van der Waals surface area contributed by atoms with E-state index in [0.717, 1.165) is 78.0 Å². The van der Waals surface area contributed by atoms with Crippen LogP contribution in [-0.4, -0.2) is 19.4 Å². The first-order chi connectivity index (χ1) is 27.7. The Morgan fingerprint density at radius 1 is 0.411 bits per heavy atom. The summed E-state index contributed by atoms with van der Waals surface area (Å²) >= 11 is 0. The summed E-state index contributed by atoms with van der Waals surface area (Å²) in [7, 11) is 0. The molecule has 0 spiro atoms. The number of rotatable bonds is 5. The average molecular weight is 715 g/mol. The van der Waals surface area contributed by atoms with Crippen LogP contribution in [0.2, 0.25) is 0 Å². The van der Waals surface area contributed by atoms with Crippen LogP contribution in [0, 0.1) is 6.92 Å². The topological polar surface area (TPSA) is 43.1 Å². The molecule has 0 aliphatic heterocycles. The van der Waals surface area contributed by atoms with Crippen molar-refractivity contribution in [2.75, 3.05) is 0 Å². The Morgan fingerprint density at radius 3 is 1.84 bits per heavy atom. The predicted octanol–water partition coefficient (Wildman–Crippen LogP) is 13.4. The fourth-order valence-electron chi connectivity index (χ4n) is 8.44. The zero-order valence-electron chi connectivity index (χ0n) is 30.7. The second-order valence-electron chi connectivity index (χ2n) is 14.5. The minimum Gasteiger partial charge on any atom is -0.298 e. The number of aromatic nitrogens is 4. The van der Waals surface area contributed by atoms with Gasteiger partial charge in [0.15, 0.2) is 0 Å². The van der Waals surface area contributed by atoms with Crippen molar-refractivity contribution in [3.8, 4) is 56.0 Å². The molecular weight excluding hydrogens is 681 g/mol. The van der Waals surface area contributed by atoms with E-state index in [1.807, 2.05) is 24.3 Å². The average Bonchev–Trinajstić information content (AvgIpc) is 3.66. The van der Waals surface area contributed by atoms with E-state index >= 15 is 0 Å². The molecule has 0 saturated heterocycles. The quantitative estimate of drug-likeness (QED) is 0.178. The van der Waals surface area contributed by atoms with Crippen LogP contribution in [-0.2, 0) is 0 Å². The van der Waals surface area contributed by atoms with Crippen molar-refractivity contribution in [2.45, 2.75) is 6.92 Å². The van der Waals surface area contributed by atoms with Gasteiger partial charge in [0.05, 0.1) is 28.1 Å². The zero-order valence-corrected chi connectivity index (χ0v) is 30.7. The first kappa shape index (κ1) is 32.0. The van der Waals surface area contributed by atoms with Gasteiger partial charge >= 0.3 is 0 Å². The van der Waals surface area contributed by atoms with Crippen molar-refractivity contribution in [3.63, 3.8) is 0 Å². The SMILES string of the molecule is Cc1c(-c2cccc3ccccc23)cc(-c2cccc3ccccc23)nc1-c1cccc(-c2ccc(-c3nc4ccccc4c4nc5ccccn5c34)cc2)c1. The van der Waals surface area contributed by atoms with E-state index in [9.17, 15) is 0 Å². The number of para-hydroxylation sites is 1. The Hall–Kier alpha value is -7.43. The van der Waals surface area contributed by atoms with Crippen molar-refractivity contribution >= 4 is 49.1 Å². The molecule has 262 valence electrons. The van der Waals surface area contributed by atoms with Gasteiger partial charge in [-0.15, -0.1) is 0 Å². The summed E-state index contributed by atoms with van der Waals surface area (Å²) in [6.45, 7) is 2.21. The fraction of sp³-hybridized carbons (Fsp3) is 0.0192. The van der Waals surface area contributed by atoms with Gasteiger partial charge in [0.1, 0.15) is 11.2 Å². The molecule has 0 saturated carbocycles. The summed E-state index contributed by atoms with van der Waals surface area (Å²) < 4.78 is 2.15. The summed E-state index contributed by atoms with van der Waals surface area (Å²) in [4.78, 5) is 15.7. The van der Waals surface area contributed by atoms with E-state index in [0.29, 0.717) is 0 Å². The molecule has 0 atom stereocenters. The minimum atomic E-state index is 0.910. The number of nitrogens with zero attached hydrogens (tertiary/aromatic N) is 4. The summed E-state index contributed by atoms with van der Waals surface area (Å²) in [6.07, 6.45) is 2.07. The Morgan fingerprint density at radius 2 is 1.04 bits per heavy atom. The highest BCUT2D eigenvalue weighted by Gasteiger charge is 2.19. The summed E-state index contributed by atoms with van der Waals surface area (Å²) in [5.74, 6) is 0. The molecule has 11 rings (SSSR count). The van der Waals surface area contributed by atoms with Gasteiger partial charge in [-0.05, 0) is 86.6 Å². The van der Waals surface area contributed by atoms with Crippen LogP contribution in [0.4, 0.5) is 0 Å². The maximum Gasteiger partial charge on any atom is 0.137 e. The van der Waals surface area contributed by atoms with Crippen LogP contribution in [0.5, 0.6) is 0 Å². The van der Waals surface area contributed by atoms with E-state index in [-0.39, 0.29) is 0 Å². The highest BCUT2D eigenvalue weighted by atomic mass is 15.0. The standard InChI is InChI=1S/C52H34N4/c1-33-45(42-22-11-15-35-13-2-4-19-40(35)42)32-47(43-23-12-16-36-14-3-5-20-41(36)43)54-49(33)39-18-10-17-38(31-39)34-26-28-37(29-27-34)50-52-51(44-21-6-7-24-46(44)53-50)55-48-25-8-9-30-56(48)52/h2-32H,1H3. The second kappa shape index (κ2) is 12.9. The van der Waals surface area contributed by atoms with Crippen molar-refractivity contribution in [2.24, 2.45) is 0 Å². The largest absolute Gasteiger partial charge is 0.298 e. The number of fused-ring (bicyclic) bond motifs is 7. The summed E-state index contributed by atoms with van der Waals surface area (Å²) in [5, 5.41) is 5.90. The van der Waals surface area contributed by atoms with Gasteiger partial charge < -0.3 is 0 Å². The number of hydrogen-bond donors (Lipinski definition) is 0. The number of benzene rings is 7. The molecule has 11 aromatic rings. The van der Waals surface area contributed by atoms with Gasteiger partial charge in [-0.2, -0.15) is 0 Å². The van der Waals surface area contributed by atoms with E-state index in [2.05, 4.69) is 175 Å². The van der Waals surface area contributed by atoms with Gasteiger partial charge in [-0.25, -0.2) is 15.0 Å². The van der Waals surface area contributed by atoms with Crippen LogP contribution in [0.15, 0.2) is 188 Å². The number of pyridine rings is 3. The molecule has 0 aliphatic carbocycles. The smallest absolute Gasteiger partial charge is 0.137 e. The normalized spacial score (nSPS) is 11.7. The molecule has 0 fully saturated rings. The van der Waals surface area contributed by atoms with Gasteiger partial charge in [0.2, 0.25) is 0 Å². The Bertz CT molecular complexity index is 3310. The molecule has 0 unspecified atom stereocenters. The highest BCUT2D eigenvalue weighted by molar-refractivity contribution is 6.09. The summed E-state index contributed by atoms with van der Waals surface area (Å²) in [6, 6.07) is 64.5. The number of hydrogen-bond acceptors (Lipinski definition) is 3. The van der Waals surface area contributed by atoms with Crippen molar-refractivity contribution in [1.82, 2.24) is 19.4 Å². The molecule has 4 aromatic heterocycles. The van der Waals surface area contributed by atoms with Crippen LogP contribution in [0.1, 0.15) is 5.56 Å². The van der Waals surface area contributed by atoms with E-state index in [1.165, 1.54) is 32.7 Å². The maximum absolute atomic E-state index is 5.47. The summed E-state index contributed by atoms with van der Waals surface area (Å²) in [5.41, 5.74) is 15.7. The number of imidazole rings is 1. The van der Waals surface area contributed by atoms with Gasteiger partial charge in [0.25, 0.3) is 0 Å². The van der Waals surface area contributed by atoms with E-state index < -0.39 is 0 Å². The zero-order chi connectivity index (χ0) is 37.2. The lowest BCUT2D eigenvalue weighted by Crippen LogP contribution is -1.97. The highest BCUT2D eigenvalue weighted by Crippen LogP contribution is 2.40. The van der Waals surface area contributed by atoms with Crippen molar-refractivity contribution in [1.29, 1.82) is 0 Å². The molecular formula is C52H34N4. The fourth-order valence-corrected chi connectivity index (χ4v) is 8.44. The molecule has 0 amide bonds. The van der Waals surface area contributed by atoms with Crippen molar-refractivity contribution in [3.05, 3.63) is 194 Å². The van der Waals surface area contributed by atoms with E-state index in [4.69, 9.17) is 15.0 Å². The lowest BCUT2D eigenvalue weighted by Gasteiger charge is -2.17. The van der Waals surface area contributed by atoms with Gasteiger partial charge in [0, 0.05) is 28.3 Å². The molecule has 0 aliphatic rings. The maximum atomic E-state index is 5.47. The van der Waals surface area contributed by atoms with Gasteiger partial charge in [-0.3, -0.25) is 4.40 Å². The predicted molar refractivity (Wildman–Crippen MR) is 233 cm³/mol. The Labute approximate surface area is 324 Å². The third-order valence-electron chi connectivity index (χ3n) is 11.2. The van der Waals surface area contributed by atoms with Crippen LogP contribution in [0.3, 0.4) is 0 Å².